The highest BCUT2D eigenvalue weighted by molar-refractivity contribution is 5.41. The van der Waals surface area contributed by atoms with Gasteiger partial charge in [-0.05, 0) is 12.1 Å². The van der Waals surface area contributed by atoms with Crippen LogP contribution in [0.3, 0.4) is 0 Å². The Hall–Kier alpha value is -1.75. The van der Waals surface area contributed by atoms with Crippen molar-refractivity contribution in [2.24, 2.45) is 5.73 Å². The number of aryl methyl sites for hydroxylation is 2. The van der Waals surface area contributed by atoms with Crippen molar-refractivity contribution in [3.8, 4) is 5.69 Å². The maximum atomic E-state index is 13.7. The van der Waals surface area contributed by atoms with Crippen LogP contribution < -0.4 is 5.73 Å². The van der Waals surface area contributed by atoms with E-state index in [0.29, 0.717) is 11.3 Å². The van der Waals surface area contributed by atoms with Gasteiger partial charge in [-0.1, -0.05) is 19.9 Å². The van der Waals surface area contributed by atoms with Crippen molar-refractivity contribution in [2.45, 2.75) is 33.2 Å². The third-order valence-electron chi connectivity index (χ3n) is 2.88. The monoisotopic (exact) mass is 248 g/mol. The van der Waals surface area contributed by atoms with Crippen molar-refractivity contribution in [2.75, 3.05) is 0 Å². The van der Waals surface area contributed by atoms with E-state index in [0.717, 1.165) is 24.5 Å². The zero-order valence-corrected chi connectivity index (χ0v) is 10.7. The zero-order valence-electron chi connectivity index (χ0n) is 10.7. The molecule has 2 rings (SSSR count). The maximum absolute atomic E-state index is 13.7. The average molecular weight is 248 g/mol. The van der Waals surface area contributed by atoms with E-state index in [1.165, 1.54) is 6.07 Å². The number of hydrogen-bond donors (Lipinski definition) is 1. The van der Waals surface area contributed by atoms with Crippen LogP contribution in [-0.4, -0.2) is 14.8 Å². The lowest BCUT2D eigenvalue weighted by atomic mass is 10.1. The van der Waals surface area contributed by atoms with E-state index >= 15 is 0 Å². The smallest absolute Gasteiger partial charge is 0.151 e. The van der Waals surface area contributed by atoms with Crippen LogP contribution in [0.2, 0.25) is 0 Å². The first-order valence-electron chi connectivity index (χ1n) is 6.13. The van der Waals surface area contributed by atoms with Gasteiger partial charge < -0.3 is 5.73 Å². The summed E-state index contributed by atoms with van der Waals surface area (Å²) in [6.07, 6.45) is 1.50. The molecular weight excluding hydrogens is 231 g/mol. The van der Waals surface area contributed by atoms with E-state index < -0.39 is 0 Å². The van der Waals surface area contributed by atoms with Crippen molar-refractivity contribution in [3.63, 3.8) is 0 Å². The van der Waals surface area contributed by atoms with Crippen LogP contribution in [-0.2, 0) is 19.4 Å². The van der Waals surface area contributed by atoms with Crippen molar-refractivity contribution in [3.05, 3.63) is 41.2 Å². The summed E-state index contributed by atoms with van der Waals surface area (Å²) in [5.74, 6) is 1.29. The zero-order chi connectivity index (χ0) is 13.1. The Bertz CT molecular complexity index is 548. The lowest BCUT2D eigenvalue weighted by molar-refractivity contribution is 0.605. The van der Waals surface area contributed by atoms with Crippen LogP contribution in [0.5, 0.6) is 0 Å². The third kappa shape index (κ3) is 2.13. The van der Waals surface area contributed by atoms with Crippen LogP contribution in [0, 0.1) is 5.82 Å². The molecule has 0 aliphatic carbocycles. The molecule has 0 spiro atoms. The molecule has 0 fully saturated rings. The first kappa shape index (κ1) is 12.7. The predicted octanol–water partition coefficient (Wildman–Crippen LogP) is 1.99. The molecule has 0 saturated heterocycles. The van der Waals surface area contributed by atoms with Crippen LogP contribution in [0.25, 0.3) is 5.69 Å². The summed E-state index contributed by atoms with van der Waals surface area (Å²) >= 11 is 0. The molecule has 5 heteroatoms. The molecule has 18 heavy (non-hydrogen) atoms. The molecule has 0 aliphatic heterocycles. The standard InChI is InChI=1S/C13H17FN4/c1-3-12-16-13(4-2)18(17-12)11-7-5-6-10(14)9(11)8-15/h5-7H,3-4,8,15H2,1-2H3. The molecule has 2 aromatic rings. The molecule has 1 heterocycles. The fourth-order valence-electron chi connectivity index (χ4n) is 1.91. The first-order valence-corrected chi connectivity index (χ1v) is 6.13. The van der Waals surface area contributed by atoms with Crippen LogP contribution >= 0.6 is 0 Å². The second-order valence-electron chi connectivity index (χ2n) is 4.00. The summed E-state index contributed by atoms with van der Waals surface area (Å²) in [5.41, 5.74) is 6.77. The molecule has 0 atom stereocenters. The maximum Gasteiger partial charge on any atom is 0.151 e. The normalized spacial score (nSPS) is 10.9. The van der Waals surface area contributed by atoms with Gasteiger partial charge >= 0.3 is 0 Å². The lowest BCUT2D eigenvalue weighted by Crippen LogP contribution is -2.10. The van der Waals surface area contributed by atoms with Gasteiger partial charge in [0.05, 0.1) is 5.69 Å². The number of nitrogens with two attached hydrogens (primary N) is 1. The Kier molecular flexibility index (Phi) is 3.72. The van der Waals surface area contributed by atoms with Crippen molar-refractivity contribution >= 4 is 0 Å². The molecule has 1 aromatic heterocycles. The van der Waals surface area contributed by atoms with Crippen molar-refractivity contribution in [1.82, 2.24) is 14.8 Å². The van der Waals surface area contributed by atoms with Gasteiger partial charge in [-0.2, -0.15) is 5.10 Å². The Morgan fingerprint density at radius 3 is 2.67 bits per heavy atom. The minimum absolute atomic E-state index is 0.145. The fourth-order valence-corrected chi connectivity index (χ4v) is 1.91. The quantitative estimate of drug-likeness (QED) is 0.900. The van der Waals surface area contributed by atoms with E-state index in [1.807, 2.05) is 19.9 Å². The number of rotatable bonds is 4. The Balaban J connectivity index is 2.60. The molecule has 4 nitrogen and oxygen atoms in total. The summed E-state index contributed by atoms with van der Waals surface area (Å²) in [5, 5.41) is 4.40. The first-order chi connectivity index (χ1) is 8.71. The van der Waals surface area contributed by atoms with E-state index in [2.05, 4.69) is 10.1 Å². The van der Waals surface area contributed by atoms with Gasteiger partial charge in [-0.25, -0.2) is 14.1 Å². The van der Waals surface area contributed by atoms with Crippen LogP contribution in [0.15, 0.2) is 18.2 Å². The van der Waals surface area contributed by atoms with Gasteiger partial charge in [0, 0.05) is 24.9 Å². The predicted molar refractivity (Wildman–Crippen MR) is 68.0 cm³/mol. The van der Waals surface area contributed by atoms with Crippen LogP contribution in [0.1, 0.15) is 31.1 Å². The minimum Gasteiger partial charge on any atom is -0.326 e. The van der Waals surface area contributed by atoms with Gasteiger partial charge in [-0.3, -0.25) is 0 Å². The summed E-state index contributed by atoms with van der Waals surface area (Å²) in [7, 11) is 0. The molecule has 2 N–H and O–H groups in total. The SMILES string of the molecule is CCc1nc(CC)n(-c2cccc(F)c2CN)n1. The Morgan fingerprint density at radius 2 is 2.06 bits per heavy atom. The number of halogens is 1. The van der Waals surface area contributed by atoms with E-state index in [-0.39, 0.29) is 12.4 Å². The molecule has 1 aromatic carbocycles. The van der Waals surface area contributed by atoms with Gasteiger partial charge in [0.2, 0.25) is 0 Å². The topological polar surface area (TPSA) is 56.7 Å². The second kappa shape index (κ2) is 5.27. The van der Waals surface area contributed by atoms with Gasteiger partial charge in [0.25, 0.3) is 0 Å². The average Bonchev–Trinajstić information content (AvgIpc) is 2.81. The second-order valence-corrected chi connectivity index (χ2v) is 4.00. The molecule has 96 valence electrons. The molecular formula is C13H17FN4. The highest BCUT2D eigenvalue weighted by atomic mass is 19.1. The van der Waals surface area contributed by atoms with Crippen molar-refractivity contribution < 1.29 is 4.39 Å². The fraction of sp³-hybridized carbons (Fsp3) is 0.385. The van der Waals surface area contributed by atoms with E-state index in [1.54, 1.807) is 10.7 Å². The van der Waals surface area contributed by atoms with Gasteiger partial charge in [-0.15, -0.1) is 0 Å². The van der Waals surface area contributed by atoms with E-state index in [4.69, 9.17) is 5.73 Å². The number of benzene rings is 1. The summed E-state index contributed by atoms with van der Waals surface area (Å²) in [4.78, 5) is 4.42. The number of nitrogens with zero attached hydrogens (tertiary/aromatic N) is 3. The van der Waals surface area contributed by atoms with Crippen molar-refractivity contribution in [1.29, 1.82) is 0 Å². The molecule has 0 radical (unpaired) electrons. The third-order valence-corrected chi connectivity index (χ3v) is 2.88. The van der Waals surface area contributed by atoms with Crippen LogP contribution in [0.4, 0.5) is 4.39 Å². The molecule has 0 unspecified atom stereocenters. The lowest BCUT2D eigenvalue weighted by Gasteiger charge is -2.10. The Labute approximate surface area is 106 Å². The Morgan fingerprint density at radius 1 is 1.28 bits per heavy atom. The van der Waals surface area contributed by atoms with E-state index in [9.17, 15) is 4.39 Å². The summed E-state index contributed by atoms with van der Waals surface area (Å²) in [6.45, 7) is 4.14. The highest BCUT2D eigenvalue weighted by Gasteiger charge is 2.14. The van der Waals surface area contributed by atoms with Gasteiger partial charge in [0.1, 0.15) is 11.6 Å². The number of hydrogen-bond acceptors (Lipinski definition) is 3. The minimum atomic E-state index is -0.300. The van der Waals surface area contributed by atoms with Gasteiger partial charge in [0.15, 0.2) is 5.82 Å². The molecule has 0 aliphatic rings. The molecule has 0 saturated carbocycles. The summed E-state index contributed by atoms with van der Waals surface area (Å²) < 4.78 is 15.4. The summed E-state index contributed by atoms with van der Waals surface area (Å²) in [6, 6.07) is 4.89. The number of aromatic nitrogens is 3. The molecule has 0 amide bonds. The molecule has 0 bridgehead atoms. The largest absolute Gasteiger partial charge is 0.326 e. The highest BCUT2D eigenvalue weighted by Crippen LogP contribution is 2.19.